The van der Waals surface area contributed by atoms with Crippen LogP contribution in [0.25, 0.3) is 0 Å². The number of amides is 1. The van der Waals surface area contributed by atoms with Crippen LogP contribution in [0.3, 0.4) is 0 Å². The molecule has 0 saturated heterocycles. The smallest absolute Gasteiger partial charge is 0.220 e. The zero-order valence-corrected chi connectivity index (χ0v) is 9.18. The van der Waals surface area contributed by atoms with Crippen molar-refractivity contribution in [1.29, 1.82) is 0 Å². The van der Waals surface area contributed by atoms with E-state index in [1.165, 1.54) is 0 Å². The summed E-state index contributed by atoms with van der Waals surface area (Å²) < 4.78 is 0. The standard InChI is InChI=1S/C11H21NO2/c1-3-9(2)7-10(13)12-8-11(14)5-4-6-11/h9,14H,3-8H2,1-2H3,(H,12,13). The van der Waals surface area contributed by atoms with Crippen LogP contribution >= 0.6 is 0 Å². The molecule has 0 heterocycles. The van der Waals surface area contributed by atoms with Crippen molar-refractivity contribution >= 4 is 5.91 Å². The molecule has 1 amide bonds. The normalized spacial score (nSPS) is 21.1. The molecular formula is C11H21NO2. The van der Waals surface area contributed by atoms with Crippen molar-refractivity contribution in [3.63, 3.8) is 0 Å². The average molecular weight is 199 g/mol. The Hall–Kier alpha value is -0.570. The minimum atomic E-state index is -0.592. The van der Waals surface area contributed by atoms with Crippen LogP contribution in [0.15, 0.2) is 0 Å². The van der Waals surface area contributed by atoms with Gasteiger partial charge in [-0.15, -0.1) is 0 Å². The van der Waals surface area contributed by atoms with Crippen LogP contribution in [0.2, 0.25) is 0 Å². The van der Waals surface area contributed by atoms with Gasteiger partial charge in [-0.1, -0.05) is 20.3 Å². The Morgan fingerprint density at radius 1 is 1.57 bits per heavy atom. The molecule has 1 atom stereocenters. The molecule has 1 fully saturated rings. The molecule has 1 aliphatic carbocycles. The number of carbonyl (C=O) groups is 1. The summed E-state index contributed by atoms with van der Waals surface area (Å²) in [7, 11) is 0. The van der Waals surface area contributed by atoms with Crippen LogP contribution in [-0.4, -0.2) is 23.2 Å². The highest BCUT2D eigenvalue weighted by molar-refractivity contribution is 5.76. The predicted molar refractivity (Wildman–Crippen MR) is 55.9 cm³/mol. The lowest BCUT2D eigenvalue weighted by Gasteiger charge is -2.36. The Morgan fingerprint density at radius 3 is 2.64 bits per heavy atom. The molecule has 3 heteroatoms. The molecule has 1 aliphatic rings. The third-order valence-electron chi connectivity index (χ3n) is 3.13. The Kier molecular flexibility index (Phi) is 3.93. The van der Waals surface area contributed by atoms with Crippen LogP contribution < -0.4 is 5.32 Å². The van der Waals surface area contributed by atoms with Crippen molar-refractivity contribution in [2.45, 2.75) is 51.6 Å². The summed E-state index contributed by atoms with van der Waals surface area (Å²) in [6, 6.07) is 0. The molecule has 2 N–H and O–H groups in total. The molecule has 0 bridgehead atoms. The van der Waals surface area contributed by atoms with Gasteiger partial charge in [-0.25, -0.2) is 0 Å². The van der Waals surface area contributed by atoms with Crippen molar-refractivity contribution in [1.82, 2.24) is 5.32 Å². The number of hydrogen-bond donors (Lipinski definition) is 2. The minimum Gasteiger partial charge on any atom is -0.388 e. The number of nitrogens with one attached hydrogen (secondary N) is 1. The Bertz CT molecular complexity index is 199. The van der Waals surface area contributed by atoms with E-state index in [2.05, 4.69) is 19.2 Å². The minimum absolute atomic E-state index is 0.0691. The van der Waals surface area contributed by atoms with E-state index in [0.29, 0.717) is 18.9 Å². The largest absolute Gasteiger partial charge is 0.388 e. The molecule has 0 spiro atoms. The summed E-state index contributed by atoms with van der Waals surface area (Å²) >= 11 is 0. The van der Waals surface area contributed by atoms with Crippen molar-refractivity contribution in [3.8, 4) is 0 Å². The molecule has 1 rings (SSSR count). The van der Waals surface area contributed by atoms with Crippen LogP contribution in [0.4, 0.5) is 0 Å². The zero-order valence-electron chi connectivity index (χ0n) is 9.18. The van der Waals surface area contributed by atoms with Crippen LogP contribution in [0.5, 0.6) is 0 Å². The summed E-state index contributed by atoms with van der Waals surface area (Å²) in [5.41, 5.74) is -0.592. The first-order chi connectivity index (χ1) is 6.56. The fourth-order valence-corrected chi connectivity index (χ4v) is 1.56. The first kappa shape index (κ1) is 11.5. The first-order valence-electron chi connectivity index (χ1n) is 5.55. The molecule has 0 radical (unpaired) electrons. The molecule has 1 saturated carbocycles. The predicted octanol–water partition coefficient (Wildman–Crippen LogP) is 1.45. The molecular weight excluding hydrogens is 178 g/mol. The van der Waals surface area contributed by atoms with Crippen molar-refractivity contribution in [2.24, 2.45) is 5.92 Å². The van der Waals surface area contributed by atoms with Gasteiger partial charge in [-0.3, -0.25) is 4.79 Å². The van der Waals surface area contributed by atoms with Gasteiger partial charge in [0.1, 0.15) is 0 Å². The van der Waals surface area contributed by atoms with E-state index in [1.807, 2.05) is 0 Å². The van der Waals surface area contributed by atoms with Gasteiger partial charge in [-0.2, -0.15) is 0 Å². The van der Waals surface area contributed by atoms with Crippen LogP contribution in [0, 0.1) is 5.92 Å². The zero-order chi connectivity index (χ0) is 10.6. The lowest BCUT2D eigenvalue weighted by Crippen LogP contribution is -2.47. The van der Waals surface area contributed by atoms with E-state index < -0.39 is 5.60 Å². The number of aliphatic hydroxyl groups is 1. The van der Waals surface area contributed by atoms with Crippen LogP contribution in [0.1, 0.15) is 46.0 Å². The van der Waals surface area contributed by atoms with Gasteiger partial charge in [0.2, 0.25) is 5.91 Å². The maximum atomic E-state index is 11.4. The molecule has 1 unspecified atom stereocenters. The highest BCUT2D eigenvalue weighted by atomic mass is 16.3. The maximum Gasteiger partial charge on any atom is 0.220 e. The quantitative estimate of drug-likeness (QED) is 0.704. The lowest BCUT2D eigenvalue weighted by molar-refractivity contribution is -0.124. The molecule has 0 aromatic rings. The number of rotatable bonds is 5. The molecule has 0 aromatic carbocycles. The Labute approximate surface area is 85.9 Å². The molecule has 0 aromatic heterocycles. The fourth-order valence-electron chi connectivity index (χ4n) is 1.56. The van der Waals surface area contributed by atoms with E-state index >= 15 is 0 Å². The van der Waals surface area contributed by atoms with Crippen molar-refractivity contribution in [2.75, 3.05) is 6.54 Å². The van der Waals surface area contributed by atoms with E-state index in [0.717, 1.165) is 25.7 Å². The second kappa shape index (κ2) is 4.78. The fraction of sp³-hybridized carbons (Fsp3) is 0.909. The summed E-state index contributed by atoms with van der Waals surface area (Å²) in [5, 5.41) is 12.5. The second-order valence-electron chi connectivity index (χ2n) is 4.57. The van der Waals surface area contributed by atoms with E-state index in [-0.39, 0.29) is 5.91 Å². The van der Waals surface area contributed by atoms with Gasteiger partial charge in [0.25, 0.3) is 0 Å². The van der Waals surface area contributed by atoms with Gasteiger partial charge in [0.15, 0.2) is 0 Å². The highest BCUT2D eigenvalue weighted by Crippen LogP contribution is 2.30. The molecule has 0 aliphatic heterocycles. The Morgan fingerprint density at radius 2 is 2.21 bits per heavy atom. The third kappa shape index (κ3) is 3.29. The van der Waals surface area contributed by atoms with Gasteiger partial charge >= 0.3 is 0 Å². The van der Waals surface area contributed by atoms with Gasteiger partial charge in [0, 0.05) is 13.0 Å². The maximum absolute atomic E-state index is 11.4. The van der Waals surface area contributed by atoms with E-state index in [9.17, 15) is 9.90 Å². The van der Waals surface area contributed by atoms with Crippen molar-refractivity contribution in [3.05, 3.63) is 0 Å². The van der Waals surface area contributed by atoms with E-state index in [4.69, 9.17) is 0 Å². The summed E-state index contributed by atoms with van der Waals surface area (Å²) in [6.45, 7) is 4.58. The van der Waals surface area contributed by atoms with Gasteiger partial charge in [-0.05, 0) is 25.2 Å². The highest BCUT2D eigenvalue weighted by Gasteiger charge is 2.34. The van der Waals surface area contributed by atoms with Gasteiger partial charge in [0.05, 0.1) is 5.60 Å². The number of carbonyl (C=O) groups excluding carboxylic acids is 1. The second-order valence-corrected chi connectivity index (χ2v) is 4.57. The molecule has 3 nitrogen and oxygen atoms in total. The Balaban J connectivity index is 2.14. The monoisotopic (exact) mass is 199 g/mol. The SMILES string of the molecule is CCC(C)CC(=O)NCC1(O)CCC1. The molecule has 14 heavy (non-hydrogen) atoms. The topological polar surface area (TPSA) is 49.3 Å². The summed E-state index contributed by atoms with van der Waals surface area (Å²) in [4.78, 5) is 11.4. The average Bonchev–Trinajstić information content (AvgIpc) is 2.11. The third-order valence-corrected chi connectivity index (χ3v) is 3.13. The number of hydrogen-bond acceptors (Lipinski definition) is 2. The van der Waals surface area contributed by atoms with E-state index in [1.54, 1.807) is 0 Å². The summed E-state index contributed by atoms with van der Waals surface area (Å²) in [6.07, 6.45) is 4.34. The van der Waals surface area contributed by atoms with Crippen LogP contribution in [-0.2, 0) is 4.79 Å². The molecule has 82 valence electrons. The van der Waals surface area contributed by atoms with Gasteiger partial charge < -0.3 is 10.4 Å². The summed E-state index contributed by atoms with van der Waals surface area (Å²) in [5.74, 6) is 0.505. The van der Waals surface area contributed by atoms with Crippen molar-refractivity contribution < 1.29 is 9.90 Å². The lowest BCUT2D eigenvalue weighted by atomic mass is 9.80. The first-order valence-corrected chi connectivity index (χ1v) is 5.55.